The monoisotopic (exact) mass is 393 g/mol. The van der Waals surface area contributed by atoms with E-state index in [0.717, 1.165) is 5.56 Å². The van der Waals surface area contributed by atoms with Gasteiger partial charge >= 0.3 is 0 Å². The average molecular weight is 393 g/mol. The second kappa shape index (κ2) is 8.52. The summed E-state index contributed by atoms with van der Waals surface area (Å²) in [5, 5.41) is 2.71. The molecule has 0 saturated carbocycles. The minimum Gasteiger partial charge on any atom is -0.457 e. The van der Waals surface area contributed by atoms with E-state index >= 15 is 0 Å². The highest BCUT2D eigenvalue weighted by molar-refractivity contribution is 5.91. The number of carbonyl (C=O) groups is 2. The Balaban J connectivity index is 1.74. The molecule has 1 aromatic heterocycles. The molecular formula is C22H20FN3O3. The molecule has 148 valence electrons. The number of halogens is 1. The normalized spacial score (nSPS) is 12.6. The van der Waals surface area contributed by atoms with Crippen molar-refractivity contribution in [3.05, 3.63) is 90.0 Å². The number of ether oxygens (including phenoxy) is 1. The number of nitrogens with two attached hydrogens (primary N) is 1. The Hall–Kier alpha value is -3.74. The summed E-state index contributed by atoms with van der Waals surface area (Å²) in [7, 11) is 0. The third kappa shape index (κ3) is 4.95. The van der Waals surface area contributed by atoms with E-state index in [-0.39, 0.29) is 18.1 Å². The maximum absolute atomic E-state index is 13.0. The fourth-order valence-corrected chi connectivity index (χ4v) is 2.78. The molecule has 0 aliphatic rings. The summed E-state index contributed by atoms with van der Waals surface area (Å²) in [5.41, 5.74) is 5.42. The number of pyridine rings is 1. The first-order chi connectivity index (χ1) is 13.9. The Morgan fingerprint density at radius 3 is 2.24 bits per heavy atom. The van der Waals surface area contributed by atoms with Crippen LogP contribution >= 0.6 is 0 Å². The lowest BCUT2D eigenvalue weighted by Gasteiger charge is -2.28. The van der Waals surface area contributed by atoms with Crippen molar-refractivity contribution in [1.82, 2.24) is 10.3 Å². The van der Waals surface area contributed by atoms with Crippen molar-refractivity contribution in [1.29, 1.82) is 0 Å². The summed E-state index contributed by atoms with van der Waals surface area (Å²) in [6, 6.07) is 15.7. The molecule has 7 heteroatoms. The van der Waals surface area contributed by atoms with E-state index in [1.807, 2.05) is 0 Å². The number of hydrogen-bond acceptors (Lipinski definition) is 4. The molecule has 0 fully saturated rings. The summed E-state index contributed by atoms with van der Waals surface area (Å²) in [4.78, 5) is 28.6. The minimum atomic E-state index is -1.40. The standard InChI is InChI=1S/C22H20FN3O3/c1-22(21(24)28,26-20(27)13-15-3-2-12-25-14-15)16-4-8-18(9-5-16)29-19-10-6-17(23)7-11-19/h2-12,14H,13H2,1H3,(H2,24,28)(H,26,27). The van der Waals surface area contributed by atoms with Gasteiger partial charge in [0.2, 0.25) is 11.8 Å². The van der Waals surface area contributed by atoms with Crippen molar-refractivity contribution in [3.8, 4) is 11.5 Å². The first-order valence-corrected chi connectivity index (χ1v) is 8.90. The first kappa shape index (κ1) is 20.0. The Morgan fingerprint density at radius 1 is 1.07 bits per heavy atom. The fourth-order valence-electron chi connectivity index (χ4n) is 2.78. The van der Waals surface area contributed by atoms with Crippen LogP contribution in [0.3, 0.4) is 0 Å². The summed E-state index contributed by atoms with van der Waals surface area (Å²) in [5.74, 6) is -0.433. The number of nitrogens with zero attached hydrogens (tertiary/aromatic N) is 1. The number of benzene rings is 2. The van der Waals surface area contributed by atoms with Gasteiger partial charge in [-0.05, 0) is 60.5 Å². The second-order valence-corrected chi connectivity index (χ2v) is 6.66. The van der Waals surface area contributed by atoms with Gasteiger partial charge in [0.25, 0.3) is 0 Å². The van der Waals surface area contributed by atoms with Crippen molar-refractivity contribution in [2.45, 2.75) is 18.9 Å². The molecule has 29 heavy (non-hydrogen) atoms. The summed E-state index contributed by atoms with van der Waals surface area (Å²) < 4.78 is 18.6. The molecule has 3 aromatic rings. The van der Waals surface area contributed by atoms with E-state index in [1.165, 1.54) is 24.3 Å². The molecular weight excluding hydrogens is 373 g/mol. The first-order valence-electron chi connectivity index (χ1n) is 8.90. The van der Waals surface area contributed by atoms with Crippen LogP contribution in [0.25, 0.3) is 0 Å². The zero-order valence-electron chi connectivity index (χ0n) is 15.8. The van der Waals surface area contributed by atoms with E-state index in [4.69, 9.17) is 10.5 Å². The van der Waals surface area contributed by atoms with Gasteiger partial charge in [-0.1, -0.05) is 18.2 Å². The fraction of sp³-hybridized carbons (Fsp3) is 0.136. The predicted molar refractivity (Wildman–Crippen MR) is 106 cm³/mol. The molecule has 2 amide bonds. The molecule has 3 rings (SSSR count). The molecule has 0 saturated heterocycles. The molecule has 1 heterocycles. The van der Waals surface area contributed by atoms with Crippen LogP contribution in [-0.2, 0) is 21.5 Å². The van der Waals surface area contributed by atoms with Crippen LogP contribution in [-0.4, -0.2) is 16.8 Å². The molecule has 0 spiro atoms. The zero-order valence-corrected chi connectivity index (χ0v) is 15.8. The van der Waals surface area contributed by atoms with E-state index < -0.39 is 11.4 Å². The van der Waals surface area contributed by atoms with Crippen molar-refractivity contribution in [2.24, 2.45) is 5.73 Å². The van der Waals surface area contributed by atoms with Gasteiger partial charge in [-0.15, -0.1) is 0 Å². The van der Waals surface area contributed by atoms with Crippen LogP contribution in [0.4, 0.5) is 4.39 Å². The van der Waals surface area contributed by atoms with Crippen LogP contribution in [0.5, 0.6) is 11.5 Å². The average Bonchev–Trinajstić information content (AvgIpc) is 2.70. The zero-order chi connectivity index (χ0) is 20.9. The predicted octanol–water partition coefficient (Wildman–Crippen LogP) is 3.07. The highest BCUT2D eigenvalue weighted by Gasteiger charge is 2.35. The van der Waals surface area contributed by atoms with Crippen molar-refractivity contribution in [3.63, 3.8) is 0 Å². The van der Waals surface area contributed by atoms with Gasteiger partial charge in [-0.25, -0.2) is 4.39 Å². The van der Waals surface area contributed by atoms with Gasteiger partial charge in [0.05, 0.1) is 6.42 Å². The lowest BCUT2D eigenvalue weighted by Crippen LogP contribution is -2.53. The second-order valence-electron chi connectivity index (χ2n) is 6.66. The van der Waals surface area contributed by atoms with E-state index in [2.05, 4.69) is 10.3 Å². The van der Waals surface area contributed by atoms with Gasteiger partial charge in [-0.2, -0.15) is 0 Å². The summed E-state index contributed by atoms with van der Waals surface area (Å²) in [6.07, 6.45) is 3.27. The van der Waals surface area contributed by atoms with E-state index in [0.29, 0.717) is 17.1 Å². The van der Waals surface area contributed by atoms with Crippen LogP contribution < -0.4 is 15.8 Å². The molecule has 6 nitrogen and oxygen atoms in total. The number of aromatic nitrogens is 1. The third-order valence-corrected chi connectivity index (χ3v) is 4.45. The van der Waals surface area contributed by atoms with Crippen LogP contribution in [0.2, 0.25) is 0 Å². The molecule has 0 aliphatic heterocycles. The minimum absolute atomic E-state index is 0.0719. The number of primary amides is 1. The Morgan fingerprint density at radius 2 is 1.69 bits per heavy atom. The van der Waals surface area contributed by atoms with Crippen LogP contribution in [0.1, 0.15) is 18.1 Å². The quantitative estimate of drug-likeness (QED) is 0.645. The molecule has 0 radical (unpaired) electrons. The van der Waals surface area contributed by atoms with Crippen LogP contribution in [0, 0.1) is 5.82 Å². The van der Waals surface area contributed by atoms with Gasteiger partial charge in [0.15, 0.2) is 0 Å². The molecule has 0 aliphatic carbocycles. The van der Waals surface area contributed by atoms with Gasteiger partial charge in [0.1, 0.15) is 22.9 Å². The number of rotatable bonds is 7. The largest absolute Gasteiger partial charge is 0.457 e. The summed E-state index contributed by atoms with van der Waals surface area (Å²) >= 11 is 0. The van der Waals surface area contributed by atoms with Gasteiger partial charge in [-0.3, -0.25) is 14.6 Å². The number of nitrogens with one attached hydrogen (secondary N) is 1. The molecule has 1 atom stereocenters. The van der Waals surface area contributed by atoms with Crippen molar-refractivity contribution < 1.29 is 18.7 Å². The third-order valence-electron chi connectivity index (χ3n) is 4.45. The highest BCUT2D eigenvalue weighted by Crippen LogP contribution is 2.26. The lowest BCUT2D eigenvalue weighted by molar-refractivity contribution is -0.131. The van der Waals surface area contributed by atoms with Gasteiger partial charge in [0, 0.05) is 12.4 Å². The van der Waals surface area contributed by atoms with E-state index in [1.54, 1.807) is 55.7 Å². The lowest BCUT2D eigenvalue weighted by atomic mass is 9.90. The molecule has 1 unspecified atom stereocenters. The maximum Gasteiger partial charge on any atom is 0.247 e. The smallest absolute Gasteiger partial charge is 0.247 e. The molecule has 0 bridgehead atoms. The Labute approximate surface area is 167 Å². The molecule has 3 N–H and O–H groups in total. The maximum atomic E-state index is 13.0. The highest BCUT2D eigenvalue weighted by atomic mass is 19.1. The Bertz CT molecular complexity index is 992. The Kier molecular flexibility index (Phi) is 5.87. The molecule has 2 aromatic carbocycles. The topological polar surface area (TPSA) is 94.3 Å². The SMILES string of the molecule is CC(NC(=O)Cc1cccnc1)(C(N)=O)c1ccc(Oc2ccc(F)cc2)cc1. The number of carbonyl (C=O) groups excluding carboxylic acids is 2. The number of hydrogen-bond donors (Lipinski definition) is 2. The summed E-state index contributed by atoms with van der Waals surface area (Å²) in [6.45, 7) is 1.55. The van der Waals surface area contributed by atoms with Gasteiger partial charge < -0.3 is 15.8 Å². The van der Waals surface area contributed by atoms with Crippen molar-refractivity contribution >= 4 is 11.8 Å². The van der Waals surface area contributed by atoms with Crippen LogP contribution in [0.15, 0.2) is 73.1 Å². The number of amides is 2. The van der Waals surface area contributed by atoms with E-state index in [9.17, 15) is 14.0 Å². The van der Waals surface area contributed by atoms with Crippen molar-refractivity contribution in [2.75, 3.05) is 0 Å².